The average molecular weight is 443 g/mol. The number of sulfone groups is 1. The Bertz CT molecular complexity index is 964. The molecule has 3 atom stereocenters. The van der Waals surface area contributed by atoms with Crippen LogP contribution in [0.5, 0.6) is 0 Å². The molecule has 166 valence electrons. The van der Waals surface area contributed by atoms with E-state index < -0.39 is 9.84 Å². The Kier molecular flexibility index (Phi) is 5.95. The van der Waals surface area contributed by atoms with Gasteiger partial charge < -0.3 is 15.0 Å². The van der Waals surface area contributed by atoms with E-state index in [0.29, 0.717) is 11.9 Å². The van der Waals surface area contributed by atoms with Crippen LogP contribution < -0.4 is 5.32 Å². The van der Waals surface area contributed by atoms with Gasteiger partial charge in [0.15, 0.2) is 5.03 Å². The lowest BCUT2D eigenvalue weighted by atomic mass is 10.00. The Balaban J connectivity index is 1.15. The molecule has 1 N–H and O–H groups in total. The standard InChI is InChI=1S/C23H30N4O3S/c28-31(29,21-4-2-1-3-5-21)23-7-6-22(25-26-23)24-20-12-18-15-27(16-19(18)13-20)14-17-8-10-30-11-9-17/h1-7,17-20H,8-16H2,(H,24,25)/t18-,19+,20?. The first-order chi connectivity index (χ1) is 15.1. The van der Waals surface area contributed by atoms with Gasteiger partial charge in [-0.3, -0.25) is 0 Å². The van der Waals surface area contributed by atoms with Crippen molar-refractivity contribution in [2.45, 2.75) is 41.6 Å². The molecule has 2 aromatic rings. The Hall–Kier alpha value is -2.03. The van der Waals surface area contributed by atoms with Crippen LogP contribution in [-0.4, -0.2) is 62.4 Å². The lowest BCUT2D eigenvalue weighted by Gasteiger charge is -2.27. The van der Waals surface area contributed by atoms with E-state index in [-0.39, 0.29) is 9.92 Å². The van der Waals surface area contributed by atoms with E-state index in [2.05, 4.69) is 20.4 Å². The van der Waals surface area contributed by atoms with Crippen molar-refractivity contribution in [3.05, 3.63) is 42.5 Å². The van der Waals surface area contributed by atoms with Crippen LogP contribution in [0.3, 0.4) is 0 Å². The number of fused-ring (bicyclic) bond motifs is 1. The van der Waals surface area contributed by atoms with Gasteiger partial charge in [0.05, 0.1) is 4.90 Å². The molecule has 3 aliphatic rings. The molecule has 8 heteroatoms. The fourth-order valence-electron chi connectivity index (χ4n) is 5.43. The number of rotatable bonds is 6. The zero-order valence-electron chi connectivity index (χ0n) is 17.7. The second-order valence-electron chi connectivity index (χ2n) is 9.18. The first-order valence-electron chi connectivity index (χ1n) is 11.3. The van der Waals surface area contributed by atoms with Crippen LogP contribution in [0.15, 0.2) is 52.4 Å². The zero-order chi connectivity index (χ0) is 21.3. The van der Waals surface area contributed by atoms with Crippen molar-refractivity contribution in [2.75, 3.05) is 38.2 Å². The minimum absolute atomic E-state index is 0.0173. The summed E-state index contributed by atoms with van der Waals surface area (Å²) < 4.78 is 30.8. The number of likely N-dealkylation sites (tertiary alicyclic amines) is 1. The summed E-state index contributed by atoms with van der Waals surface area (Å²) in [5, 5.41) is 11.6. The van der Waals surface area contributed by atoms with E-state index in [9.17, 15) is 8.42 Å². The van der Waals surface area contributed by atoms with Crippen molar-refractivity contribution in [1.82, 2.24) is 15.1 Å². The maximum absolute atomic E-state index is 12.7. The molecule has 1 unspecified atom stereocenters. The van der Waals surface area contributed by atoms with E-state index >= 15 is 0 Å². The van der Waals surface area contributed by atoms with Gasteiger partial charge in [0.1, 0.15) is 5.82 Å². The number of ether oxygens (including phenoxy) is 1. The van der Waals surface area contributed by atoms with Crippen molar-refractivity contribution in [3.8, 4) is 0 Å². The van der Waals surface area contributed by atoms with Crippen LogP contribution in [0.2, 0.25) is 0 Å². The molecule has 0 radical (unpaired) electrons. The van der Waals surface area contributed by atoms with Crippen LogP contribution >= 0.6 is 0 Å². The number of benzene rings is 1. The van der Waals surface area contributed by atoms with Gasteiger partial charge in [0.2, 0.25) is 9.84 Å². The van der Waals surface area contributed by atoms with Gasteiger partial charge in [-0.25, -0.2) is 8.42 Å². The molecule has 0 amide bonds. The van der Waals surface area contributed by atoms with Crippen molar-refractivity contribution >= 4 is 15.7 Å². The summed E-state index contributed by atoms with van der Waals surface area (Å²) in [5.74, 6) is 2.92. The normalized spacial score (nSPS) is 27.3. The number of hydrogen-bond acceptors (Lipinski definition) is 7. The van der Waals surface area contributed by atoms with Gasteiger partial charge >= 0.3 is 0 Å². The highest BCUT2D eigenvalue weighted by atomic mass is 32.2. The first-order valence-corrected chi connectivity index (χ1v) is 12.8. The molecule has 1 aromatic heterocycles. The SMILES string of the molecule is O=S(=O)(c1ccccc1)c1ccc(NC2C[C@@H]3CN(CC4CCOCC4)C[C@@H]3C2)nn1. The maximum Gasteiger partial charge on any atom is 0.225 e. The molecular formula is C23H30N4O3S. The second kappa shape index (κ2) is 8.84. The van der Waals surface area contributed by atoms with Gasteiger partial charge in [0, 0.05) is 38.9 Å². The lowest BCUT2D eigenvalue weighted by Crippen LogP contribution is -2.32. The topological polar surface area (TPSA) is 84.4 Å². The molecule has 3 fully saturated rings. The monoisotopic (exact) mass is 442 g/mol. The molecule has 1 aromatic carbocycles. The Labute approximate surface area is 184 Å². The highest BCUT2D eigenvalue weighted by molar-refractivity contribution is 7.91. The molecule has 2 saturated heterocycles. The zero-order valence-corrected chi connectivity index (χ0v) is 18.5. The number of aromatic nitrogens is 2. The van der Waals surface area contributed by atoms with E-state index in [1.54, 1.807) is 42.5 Å². The van der Waals surface area contributed by atoms with Gasteiger partial charge in [0.25, 0.3) is 0 Å². The minimum atomic E-state index is -3.63. The molecule has 0 bridgehead atoms. The molecule has 7 nitrogen and oxygen atoms in total. The maximum atomic E-state index is 12.7. The Morgan fingerprint density at radius 1 is 0.968 bits per heavy atom. The van der Waals surface area contributed by atoms with Gasteiger partial charge in [-0.15, -0.1) is 10.2 Å². The van der Waals surface area contributed by atoms with Gasteiger partial charge in [-0.2, -0.15) is 0 Å². The van der Waals surface area contributed by atoms with Crippen molar-refractivity contribution in [2.24, 2.45) is 17.8 Å². The average Bonchev–Trinajstić information content (AvgIpc) is 3.33. The molecule has 3 heterocycles. The van der Waals surface area contributed by atoms with Crippen molar-refractivity contribution in [1.29, 1.82) is 0 Å². The minimum Gasteiger partial charge on any atom is -0.381 e. The predicted molar refractivity (Wildman–Crippen MR) is 118 cm³/mol. The molecule has 0 spiro atoms. The summed E-state index contributed by atoms with van der Waals surface area (Å²) in [6, 6.07) is 12.0. The quantitative estimate of drug-likeness (QED) is 0.736. The van der Waals surface area contributed by atoms with E-state index in [0.717, 1.165) is 43.8 Å². The van der Waals surface area contributed by atoms with Crippen LogP contribution in [0.4, 0.5) is 5.82 Å². The van der Waals surface area contributed by atoms with E-state index in [1.165, 1.54) is 32.5 Å². The van der Waals surface area contributed by atoms with E-state index in [1.807, 2.05) is 0 Å². The summed E-state index contributed by atoms with van der Waals surface area (Å²) >= 11 is 0. The van der Waals surface area contributed by atoms with Gasteiger partial charge in [-0.05, 0) is 67.7 Å². The van der Waals surface area contributed by atoms with Crippen LogP contribution in [0.25, 0.3) is 0 Å². The Morgan fingerprint density at radius 3 is 2.32 bits per heavy atom. The first kappa shape index (κ1) is 20.8. The second-order valence-corrected chi connectivity index (χ2v) is 11.1. The molecule has 1 aliphatic carbocycles. The summed E-state index contributed by atoms with van der Waals surface area (Å²) in [7, 11) is -3.63. The van der Waals surface area contributed by atoms with Crippen molar-refractivity contribution in [3.63, 3.8) is 0 Å². The van der Waals surface area contributed by atoms with E-state index in [4.69, 9.17) is 4.74 Å². The summed E-state index contributed by atoms with van der Waals surface area (Å²) in [6.07, 6.45) is 4.68. The summed E-state index contributed by atoms with van der Waals surface area (Å²) in [6.45, 7) is 5.45. The largest absolute Gasteiger partial charge is 0.381 e. The summed E-state index contributed by atoms with van der Waals surface area (Å²) in [4.78, 5) is 2.89. The fourth-order valence-corrected chi connectivity index (χ4v) is 6.58. The predicted octanol–water partition coefficient (Wildman–Crippen LogP) is 2.86. The highest BCUT2D eigenvalue weighted by Crippen LogP contribution is 2.39. The Morgan fingerprint density at radius 2 is 1.68 bits per heavy atom. The number of anilines is 1. The smallest absolute Gasteiger partial charge is 0.225 e. The van der Waals surface area contributed by atoms with Crippen LogP contribution in [0.1, 0.15) is 25.7 Å². The van der Waals surface area contributed by atoms with Crippen molar-refractivity contribution < 1.29 is 13.2 Å². The molecule has 31 heavy (non-hydrogen) atoms. The van der Waals surface area contributed by atoms with Crippen LogP contribution in [0, 0.1) is 17.8 Å². The highest BCUT2D eigenvalue weighted by Gasteiger charge is 2.41. The number of nitrogens with one attached hydrogen (secondary N) is 1. The molecular weight excluding hydrogens is 412 g/mol. The lowest BCUT2D eigenvalue weighted by molar-refractivity contribution is 0.0545. The van der Waals surface area contributed by atoms with Crippen LogP contribution in [-0.2, 0) is 14.6 Å². The molecule has 2 aliphatic heterocycles. The summed E-state index contributed by atoms with van der Waals surface area (Å²) in [5.41, 5.74) is 0. The number of hydrogen-bond donors (Lipinski definition) is 1. The molecule has 1 saturated carbocycles. The third-order valence-corrected chi connectivity index (χ3v) is 8.67. The number of nitrogens with zero attached hydrogens (tertiary/aromatic N) is 3. The third-order valence-electron chi connectivity index (χ3n) is 7.00. The molecule has 5 rings (SSSR count). The van der Waals surface area contributed by atoms with Gasteiger partial charge in [-0.1, -0.05) is 18.2 Å². The fraction of sp³-hybridized carbons (Fsp3) is 0.565. The third kappa shape index (κ3) is 4.61.